The van der Waals surface area contributed by atoms with Gasteiger partial charge in [0.05, 0.1) is 12.8 Å². The standard InChI is InChI=1S/C27H29N5O3/c1-35-23-17-9-8-16-22(23)30-26(34)29-18-10-11-19-32-24(33)27(31-25(32)28,20-12-4-2-5-13-20)21-14-6-3-7-15-21/h2-9,12-17H,10-11,18-19H2,1H3,(H2,28,31)(H2,29,30,34). The molecule has 0 spiro atoms. The topological polar surface area (TPSA) is 109 Å². The summed E-state index contributed by atoms with van der Waals surface area (Å²) in [6.45, 7) is 0.855. The highest BCUT2D eigenvalue weighted by Gasteiger charge is 2.50. The predicted molar refractivity (Wildman–Crippen MR) is 136 cm³/mol. The van der Waals surface area contributed by atoms with Gasteiger partial charge in [0.25, 0.3) is 5.91 Å². The third kappa shape index (κ3) is 4.96. The Labute approximate surface area is 204 Å². The van der Waals surface area contributed by atoms with Crippen molar-refractivity contribution in [2.75, 3.05) is 25.5 Å². The highest BCUT2D eigenvalue weighted by molar-refractivity contribution is 6.09. The number of aliphatic imine (C=N–C) groups is 1. The molecule has 0 aromatic heterocycles. The first-order valence-electron chi connectivity index (χ1n) is 11.5. The van der Waals surface area contributed by atoms with Crippen molar-refractivity contribution in [3.63, 3.8) is 0 Å². The highest BCUT2D eigenvalue weighted by Crippen LogP contribution is 2.39. The van der Waals surface area contributed by atoms with Gasteiger partial charge in [0.1, 0.15) is 5.75 Å². The van der Waals surface area contributed by atoms with E-state index in [9.17, 15) is 9.59 Å². The van der Waals surface area contributed by atoms with Crippen LogP contribution in [0.1, 0.15) is 24.0 Å². The molecule has 8 nitrogen and oxygen atoms in total. The molecule has 8 heteroatoms. The number of anilines is 1. The number of urea groups is 1. The molecule has 35 heavy (non-hydrogen) atoms. The summed E-state index contributed by atoms with van der Waals surface area (Å²) in [5.41, 5.74) is 7.21. The van der Waals surface area contributed by atoms with E-state index in [4.69, 9.17) is 15.5 Å². The van der Waals surface area contributed by atoms with E-state index in [0.717, 1.165) is 11.1 Å². The molecule has 3 amide bonds. The number of hydrogen-bond acceptors (Lipinski definition) is 5. The molecule has 1 aliphatic rings. The van der Waals surface area contributed by atoms with Crippen LogP contribution < -0.4 is 21.1 Å². The SMILES string of the molecule is COc1ccccc1NC(=O)NCCCCN1C(=O)C(c2ccccc2)(c2ccccc2)N=C1N. The van der Waals surface area contributed by atoms with Gasteiger partial charge >= 0.3 is 6.03 Å². The first-order chi connectivity index (χ1) is 17.1. The number of amides is 3. The maximum Gasteiger partial charge on any atom is 0.319 e. The lowest BCUT2D eigenvalue weighted by Gasteiger charge is -2.27. The predicted octanol–water partition coefficient (Wildman–Crippen LogP) is 3.70. The van der Waals surface area contributed by atoms with Crippen molar-refractivity contribution in [2.45, 2.75) is 18.4 Å². The fourth-order valence-electron chi connectivity index (χ4n) is 4.21. The van der Waals surface area contributed by atoms with Crippen molar-refractivity contribution in [3.05, 3.63) is 96.1 Å². The lowest BCUT2D eigenvalue weighted by Crippen LogP contribution is -2.44. The number of carbonyl (C=O) groups is 2. The fraction of sp³-hybridized carbons (Fsp3) is 0.222. The number of ether oxygens (including phenoxy) is 1. The summed E-state index contributed by atoms with van der Waals surface area (Å²) < 4.78 is 5.24. The van der Waals surface area contributed by atoms with E-state index >= 15 is 0 Å². The Kier molecular flexibility index (Phi) is 7.30. The van der Waals surface area contributed by atoms with Crippen molar-refractivity contribution in [1.82, 2.24) is 10.2 Å². The molecule has 0 atom stereocenters. The molecule has 0 radical (unpaired) electrons. The third-order valence-electron chi connectivity index (χ3n) is 5.95. The van der Waals surface area contributed by atoms with Gasteiger partial charge in [-0.15, -0.1) is 0 Å². The molecule has 0 fully saturated rings. The Morgan fingerprint density at radius 3 is 2.17 bits per heavy atom. The van der Waals surface area contributed by atoms with Crippen LogP contribution in [0.15, 0.2) is 89.9 Å². The first-order valence-corrected chi connectivity index (χ1v) is 11.5. The largest absolute Gasteiger partial charge is 0.495 e. The zero-order chi connectivity index (χ0) is 24.7. The minimum absolute atomic E-state index is 0.172. The number of nitrogens with zero attached hydrogens (tertiary/aromatic N) is 2. The van der Waals surface area contributed by atoms with Gasteiger partial charge in [-0.2, -0.15) is 0 Å². The maximum absolute atomic E-state index is 13.7. The molecule has 0 saturated carbocycles. The number of nitrogens with two attached hydrogens (primary N) is 1. The Morgan fingerprint density at radius 2 is 1.54 bits per heavy atom. The van der Waals surface area contributed by atoms with Crippen LogP contribution in [0.4, 0.5) is 10.5 Å². The van der Waals surface area contributed by atoms with Crippen molar-refractivity contribution in [1.29, 1.82) is 0 Å². The smallest absolute Gasteiger partial charge is 0.319 e. The van der Waals surface area contributed by atoms with Crippen molar-refractivity contribution in [3.8, 4) is 5.75 Å². The van der Waals surface area contributed by atoms with Crippen LogP contribution in [0, 0.1) is 0 Å². The lowest BCUT2D eigenvalue weighted by molar-refractivity contribution is -0.130. The number of methoxy groups -OCH3 is 1. The second kappa shape index (κ2) is 10.7. The Hall–Kier alpha value is -4.33. The minimum Gasteiger partial charge on any atom is -0.495 e. The lowest BCUT2D eigenvalue weighted by atomic mass is 9.83. The number of benzene rings is 3. The number of unbranched alkanes of at least 4 members (excludes halogenated alkanes) is 1. The van der Waals surface area contributed by atoms with E-state index in [-0.39, 0.29) is 17.9 Å². The van der Waals surface area contributed by atoms with Gasteiger partial charge in [-0.1, -0.05) is 72.8 Å². The van der Waals surface area contributed by atoms with Crippen molar-refractivity contribution < 1.29 is 14.3 Å². The van der Waals surface area contributed by atoms with Gasteiger partial charge in [-0.25, -0.2) is 9.79 Å². The zero-order valence-electron chi connectivity index (χ0n) is 19.6. The molecule has 3 aromatic rings. The summed E-state index contributed by atoms with van der Waals surface area (Å²) >= 11 is 0. The second-order valence-electron chi connectivity index (χ2n) is 8.16. The van der Waals surface area contributed by atoms with Gasteiger partial charge in [-0.3, -0.25) is 9.69 Å². The Balaban J connectivity index is 1.36. The third-order valence-corrected chi connectivity index (χ3v) is 5.95. The monoisotopic (exact) mass is 471 g/mol. The summed E-state index contributed by atoms with van der Waals surface area (Å²) in [7, 11) is 1.55. The van der Waals surface area contributed by atoms with Crippen LogP contribution >= 0.6 is 0 Å². The van der Waals surface area contributed by atoms with Gasteiger partial charge in [0, 0.05) is 13.1 Å². The molecule has 3 aromatic carbocycles. The summed E-state index contributed by atoms with van der Waals surface area (Å²) in [5.74, 6) is 0.615. The van der Waals surface area contributed by atoms with Crippen LogP contribution in [-0.2, 0) is 10.3 Å². The first kappa shape index (κ1) is 23.8. The average Bonchev–Trinajstić information content (AvgIpc) is 3.15. The Morgan fingerprint density at radius 1 is 0.943 bits per heavy atom. The van der Waals surface area contributed by atoms with Crippen molar-refractivity contribution >= 4 is 23.6 Å². The molecule has 0 bridgehead atoms. The zero-order valence-corrected chi connectivity index (χ0v) is 19.6. The van der Waals surface area contributed by atoms with Gasteiger partial charge in [-0.05, 0) is 36.1 Å². The number of guanidine groups is 1. The molecule has 0 unspecified atom stereocenters. The van der Waals surface area contributed by atoms with E-state index in [1.807, 2.05) is 72.8 Å². The number of hydrogen-bond donors (Lipinski definition) is 3. The normalized spacial score (nSPS) is 14.4. The summed E-state index contributed by atoms with van der Waals surface area (Å²) in [6.07, 6.45) is 1.32. The molecule has 180 valence electrons. The van der Waals surface area contributed by atoms with E-state index in [2.05, 4.69) is 10.6 Å². The van der Waals surface area contributed by atoms with Crippen LogP contribution in [0.5, 0.6) is 5.75 Å². The second-order valence-corrected chi connectivity index (χ2v) is 8.16. The molecular formula is C27H29N5O3. The van der Waals surface area contributed by atoms with E-state index in [1.165, 1.54) is 4.90 Å². The maximum atomic E-state index is 13.7. The molecule has 0 saturated heterocycles. The summed E-state index contributed by atoms with van der Waals surface area (Å²) in [6, 6.07) is 25.9. The van der Waals surface area contributed by atoms with Crippen LogP contribution in [0.2, 0.25) is 0 Å². The molecular weight excluding hydrogens is 442 g/mol. The van der Waals surface area contributed by atoms with E-state index in [0.29, 0.717) is 37.4 Å². The van der Waals surface area contributed by atoms with Gasteiger partial charge in [0.15, 0.2) is 11.5 Å². The average molecular weight is 472 g/mol. The van der Waals surface area contributed by atoms with E-state index < -0.39 is 5.54 Å². The van der Waals surface area contributed by atoms with Crippen LogP contribution in [0.25, 0.3) is 0 Å². The van der Waals surface area contributed by atoms with E-state index in [1.54, 1.807) is 19.2 Å². The van der Waals surface area contributed by atoms with Crippen molar-refractivity contribution in [2.24, 2.45) is 10.7 Å². The van der Waals surface area contributed by atoms with Crippen LogP contribution in [0.3, 0.4) is 0 Å². The molecule has 4 rings (SSSR count). The molecule has 0 aliphatic carbocycles. The molecule has 4 N–H and O–H groups in total. The van der Waals surface area contributed by atoms with Gasteiger partial charge in [0.2, 0.25) is 0 Å². The number of nitrogens with one attached hydrogen (secondary N) is 2. The summed E-state index contributed by atoms with van der Waals surface area (Å²) in [4.78, 5) is 32.2. The van der Waals surface area contributed by atoms with Crippen LogP contribution in [-0.4, -0.2) is 43.0 Å². The number of para-hydroxylation sites is 2. The number of carbonyl (C=O) groups excluding carboxylic acids is 2. The fourth-order valence-corrected chi connectivity index (χ4v) is 4.21. The Bertz CT molecular complexity index is 1160. The number of rotatable bonds is 9. The molecule has 1 aliphatic heterocycles. The van der Waals surface area contributed by atoms with Gasteiger partial charge < -0.3 is 21.1 Å². The minimum atomic E-state index is -1.19. The summed E-state index contributed by atoms with van der Waals surface area (Å²) in [5, 5.41) is 5.60. The quantitative estimate of drug-likeness (QED) is 0.414. The highest BCUT2D eigenvalue weighted by atomic mass is 16.5. The molecule has 1 heterocycles.